The smallest absolute Gasteiger partial charge is 0.362 e. The Bertz CT molecular complexity index is 586. The van der Waals surface area contributed by atoms with Crippen molar-refractivity contribution in [2.75, 3.05) is 7.11 Å². The van der Waals surface area contributed by atoms with E-state index in [1.807, 2.05) is 13.8 Å². The molecule has 0 atom stereocenters. The van der Waals surface area contributed by atoms with E-state index in [9.17, 15) is 14.4 Å². The van der Waals surface area contributed by atoms with Crippen molar-refractivity contribution in [3.63, 3.8) is 0 Å². The van der Waals surface area contributed by atoms with Crippen molar-refractivity contribution in [2.24, 2.45) is 5.41 Å². The molecule has 0 saturated heterocycles. The number of hydrogen-bond donors (Lipinski definition) is 1. The first kappa shape index (κ1) is 12.5. The molecule has 1 aliphatic carbocycles. The normalized spacial score (nSPS) is 17.2. The second-order valence-corrected chi connectivity index (χ2v) is 5.17. The monoisotopic (exact) mass is 250 g/mol. The number of Topliss-reactive ketones (excluding diaryl/α,β-unsaturated/α-hetero) is 1. The highest BCUT2D eigenvalue weighted by molar-refractivity contribution is 5.98. The van der Waals surface area contributed by atoms with E-state index in [2.05, 4.69) is 14.7 Å². The summed E-state index contributed by atoms with van der Waals surface area (Å²) in [4.78, 5) is 41.4. The number of hydrogen-bond acceptors (Lipinski definition) is 5. The van der Waals surface area contributed by atoms with E-state index in [1.165, 1.54) is 0 Å². The molecule has 1 heterocycles. The summed E-state index contributed by atoms with van der Waals surface area (Å²) >= 11 is 0. The maximum atomic E-state index is 11.9. The number of methoxy groups -OCH3 is 1. The predicted octanol–water partition coefficient (Wildman–Crippen LogP) is 0.712. The number of ketones is 1. The highest BCUT2D eigenvalue weighted by Gasteiger charge is 2.33. The molecule has 6 nitrogen and oxygen atoms in total. The van der Waals surface area contributed by atoms with Gasteiger partial charge in [0.05, 0.1) is 7.11 Å². The van der Waals surface area contributed by atoms with Crippen molar-refractivity contribution in [3.8, 4) is 0 Å². The van der Waals surface area contributed by atoms with Crippen molar-refractivity contribution in [2.45, 2.75) is 26.7 Å². The third-order valence-corrected chi connectivity index (χ3v) is 2.93. The largest absolute Gasteiger partial charge is 0.464 e. The van der Waals surface area contributed by atoms with E-state index in [0.29, 0.717) is 18.5 Å². The number of aromatic amines is 1. The average Bonchev–Trinajstić information content (AvgIpc) is 2.25. The third kappa shape index (κ3) is 2.05. The van der Waals surface area contributed by atoms with Gasteiger partial charge in [0.25, 0.3) is 5.56 Å². The van der Waals surface area contributed by atoms with Crippen molar-refractivity contribution in [1.82, 2.24) is 9.97 Å². The molecular formula is C12H14N2O4. The lowest BCUT2D eigenvalue weighted by Gasteiger charge is -2.28. The topological polar surface area (TPSA) is 89.1 Å². The molecule has 0 aromatic carbocycles. The first-order valence-corrected chi connectivity index (χ1v) is 5.59. The summed E-state index contributed by atoms with van der Waals surface area (Å²) in [6, 6.07) is 0. The molecule has 96 valence electrons. The van der Waals surface area contributed by atoms with E-state index in [1.54, 1.807) is 0 Å². The quantitative estimate of drug-likeness (QED) is 0.741. The Labute approximate surface area is 103 Å². The van der Waals surface area contributed by atoms with E-state index < -0.39 is 11.5 Å². The van der Waals surface area contributed by atoms with Gasteiger partial charge in [-0.1, -0.05) is 13.8 Å². The fourth-order valence-corrected chi connectivity index (χ4v) is 2.14. The van der Waals surface area contributed by atoms with Crippen LogP contribution in [0.1, 0.15) is 46.9 Å². The first-order valence-electron chi connectivity index (χ1n) is 5.59. The highest BCUT2D eigenvalue weighted by Crippen LogP contribution is 2.32. The molecule has 1 aromatic heterocycles. The minimum Gasteiger partial charge on any atom is -0.464 e. The van der Waals surface area contributed by atoms with Crippen LogP contribution in [0.4, 0.5) is 0 Å². The van der Waals surface area contributed by atoms with Crippen LogP contribution in [0.2, 0.25) is 0 Å². The number of nitrogens with one attached hydrogen (secondary N) is 1. The summed E-state index contributed by atoms with van der Waals surface area (Å²) in [6.07, 6.45) is 0.900. The van der Waals surface area contributed by atoms with E-state index in [-0.39, 0.29) is 22.6 Å². The summed E-state index contributed by atoms with van der Waals surface area (Å²) in [6.45, 7) is 3.89. The predicted molar refractivity (Wildman–Crippen MR) is 62.6 cm³/mol. The Hall–Kier alpha value is -1.98. The average molecular weight is 250 g/mol. The van der Waals surface area contributed by atoms with Crippen LogP contribution >= 0.6 is 0 Å². The number of carbonyl (C=O) groups excluding carboxylic acids is 2. The Balaban J connectivity index is 2.58. The summed E-state index contributed by atoms with van der Waals surface area (Å²) in [7, 11) is 1.16. The zero-order valence-corrected chi connectivity index (χ0v) is 10.5. The minimum absolute atomic E-state index is 0.164. The molecule has 0 aliphatic heterocycles. The van der Waals surface area contributed by atoms with Crippen LogP contribution in [0.5, 0.6) is 0 Å². The summed E-state index contributed by atoms with van der Waals surface area (Å²) in [5, 5.41) is 0. The van der Waals surface area contributed by atoms with Crippen molar-refractivity contribution >= 4 is 11.8 Å². The van der Waals surface area contributed by atoms with Crippen molar-refractivity contribution in [3.05, 3.63) is 27.4 Å². The molecule has 1 N–H and O–H groups in total. The number of ether oxygens (including phenoxy) is 1. The van der Waals surface area contributed by atoms with Gasteiger partial charge in [-0.2, -0.15) is 0 Å². The molecule has 0 radical (unpaired) electrons. The molecule has 0 saturated carbocycles. The van der Waals surface area contributed by atoms with Gasteiger partial charge in [-0.3, -0.25) is 9.59 Å². The van der Waals surface area contributed by atoms with Gasteiger partial charge in [0, 0.05) is 12.1 Å². The lowest BCUT2D eigenvalue weighted by molar-refractivity contribution is 0.0591. The fraction of sp³-hybridized carbons (Fsp3) is 0.500. The number of nitrogens with zero attached hydrogens (tertiary/aromatic N) is 1. The SMILES string of the molecule is COC(=O)c1nc2c([nH]c1=O)CC(C)(C)CC2=O. The number of esters is 1. The van der Waals surface area contributed by atoms with Crippen LogP contribution in [0.25, 0.3) is 0 Å². The molecule has 0 unspecified atom stereocenters. The van der Waals surface area contributed by atoms with Gasteiger partial charge in [-0.25, -0.2) is 9.78 Å². The zero-order valence-electron chi connectivity index (χ0n) is 10.5. The Morgan fingerprint density at radius 1 is 1.33 bits per heavy atom. The number of aromatic nitrogens is 2. The second-order valence-electron chi connectivity index (χ2n) is 5.17. The molecule has 2 rings (SSSR count). The van der Waals surface area contributed by atoms with Crippen LogP contribution < -0.4 is 5.56 Å². The summed E-state index contributed by atoms with van der Waals surface area (Å²) in [5.74, 6) is -1.00. The van der Waals surface area contributed by atoms with Gasteiger partial charge in [-0.15, -0.1) is 0 Å². The van der Waals surface area contributed by atoms with Crippen LogP contribution in [0.3, 0.4) is 0 Å². The second kappa shape index (κ2) is 4.04. The molecule has 0 fully saturated rings. The van der Waals surface area contributed by atoms with Gasteiger partial charge in [0.1, 0.15) is 5.69 Å². The minimum atomic E-state index is -0.836. The van der Waals surface area contributed by atoms with Crippen LogP contribution in [0.15, 0.2) is 4.79 Å². The number of fused-ring (bicyclic) bond motifs is 1. The maximum Gasteiger partial charge on any atom is 0.362 e. The Kier molecular flexibility index (Phi) is 2.80. The van der Waals surface area contributed by atoms with Crippen LogP contribution in [-0.2, 0) is 11.2 Å². The third-order valence-electron chi connectivity index (χ3n) is 2.93. The number of rotatable bonds is 1. The molecule has 0 amide bonds. The highest BCUT2D eigenvalue weighted by atomic mass is 16.5. The first-order chi connectivity index (χ1) is 8.34. The molecule has 1 aliphatic rings. The van der Waals surface area contributed by atoms with E-state index >= 15 is 0 Å². The lowest BCUT2D eigenvalue weighted by Crippen LogP contribution is -2.34. The Morgan fingerprint density at radius 3 is 2.61 bits per heavy atom. The number of carbonyl (C=O) groups is 2. The summed E-state index contributed by atoms with van der Waals surface area (Å²) < 4.78 is 4.45. The number of H-pyrrole nitrogens is 1. The van der Waals surface area contributed by atoms with Crippen molar-refractivity contribution in [1.29, 1.82) is 0 Å². The van der Waals surface area contributed by atoms with Gasteiger partial charge >= 0.3 is 5.97 Å². The molecular weight excluding hydrogens is 236 g/mol. The standard InChI is InChI=1S/C12H14N2O4/c1-12(2)4-6-8(7(15)5-12)14-9(10(16)13-6)11(17)18-3/h4-5H2,1-3H3,(H,13,16). The lowest BCUT2D eigenvalue weighted by atomic mass is 9.77. The van der Waals surface area contributed by atoms with Crippen LogP contribution in [0, 0.1) is 5.41 Å². The molecule has 18 heavy (non-hydrogen) atoms. The van der Waals surface area contributed by atoms with Gasteiger partial charge in [0.15, 0.2) is 5.78 Å². The molecule has 0 bridgehead atoms. The Morgan fingerprint density at radius 2 is 2.00 bits per heavy atom. The maximum absolute atomic E-state index is 11.9. The van der Waals surface area contributed by atoms with E-state index in [0.717, 1.165) is 7.11 Å². The van der Waals surface area contributed by atoms with Crippen molar-refractivity contribution < 1.29 is 14.3 Å². The van der Waals surface area contributed by atoms with Gasteiger partial charge in [0.2, 0.25) is 5.69 Å². The zero-order chi connectivity index (χ0) is 13.5. The molecule has 6 heteroatoms. The molecule has 0 spiro atoms. The van der Waals surface area contributed by atoms with E-state index in [4.69, 9.17) is 0 Å². The van der Waals surface area contributed by atoms with Gasteiger partial charge < -0.3 is 9.72 Å². The summed E-state index contributed by atoms with van der Waals surface area (Å²) in [5.41, 5.74) is -0.528. The van der Waals surface area contributed by atoms with Crippen LogP contribution in [-0.4, -0.2) is 28.8 Å². The molecule has 1 aromatic rings. The van der Waals surface area contributed by atoms with Gasteiger partial charge in [-0.05, 0) is 11.8 Å². The fourth-order valence-electron chi connectivity index (χ4n) is 2.14.